The summed E-state index contributed by atoms with van der Waals surface area (Å²) in [6.07, 6.45) is 5.12. The summed E-state index contributed by atoms with van der Waals surface area (Å²) in [4.78, 5) is 10.9. The van der Waals surface area contributed by atoms with Gasteiger partial charge in [-0.1, -0.05) is 25.8 Å². The van der Waals surface area contributed by atoms with Crippen molar-refractivity contribution in [3.8, 4) is 0 Å². The van der Waals surface area contributed by atoms with Crippen LogP contribution in [-0.2, 0) is 14.3 Å². The summed E-state index contributed by atoms with van der Waals surface area (Å²) in [7, 11) is 0. The van der Waals surface area contributed by atoms with Gasteiger partial charge in [0.25, 0.3) is 0 Å². The molecule has 0 aromatic rings. The summed E-state index contributed by atoms with van der Waals surface area (Å²) in [5.41, 5.74) is 0. The van der Waals surface area contributed by atoms with Crippen LogP contribution in [0.3, 0.4) is 0 Å². The molecule has 4 nitrogen and oxygen atoms in total. The van der Waals surface area contributed by atoms with E-state index in [1.807, 2.05) is 0 Å². The van der Waals surface area contributed by atoms with Crippen molar-refractivity contribution in [3.05, 3.63) is 12.7 Å². The Hall–Kier alpha value is -0.870. The lowest BCUT2D eigenvalue weighted by atomic mass is 9.98. The molecule has 92 valence electrons. The molecule has 0 aliphatic heterocycles. The molecule has 16 heavy (non-hydrogen) atoms. The molecule has 0 aromatic heterocycles. The highest BCUT2D eigenvalue weighted by atomic mass is 16.7. The van der Waals surface area contributed by atoms with Crippen molar-refractivity contribution >= 4 is 5.97 Å². The maximum absolute atomic E-state index is 10.9. The Balaban J connectivity index is 2.29. The Kier molecular flexibility index (Phi) is 5.49. The van der Waals surface area contributed by atoms with E-state index in [0.717, 1.165) is 18.9 Å². The van der Waals surface area contributed by atoms with Gasteiger partial charge in [0, 0.05) is 6.08 Å². The molecular formula is C12H20O4. The van der Waals surface area contributed by atoms with Gasteiger partial charge < -0.3 is 14.6 Å². The normalized spacial score (nSPS) is 21.1. The van der Waals surface area contributed by atoms with Crippen LogP contribution >= 0.6 is 0 Å². The molecule has 0 saturated heterocycles. The molecule has 1 N–H and O–H groups in total. The minimum absolute atomic E-state index is 0.181. The molecular weight excluding hydrogens is 208 g/mol. The van der Waals surface area contributed by atoms with Gasteiger partial charge in [-0.25, -0.2) is 4.79 Å². The smallest absolute Gasteiger partial charge is 0.332 e. The summed E-state index contributed by atoms with van der Waals surface area (Å²) in [6.45, 7) is 4.97. The lowest BCUT2D eigenvalue weighted by molar-refractivity contribution is -0.195. The summed E-state index contributed by atoms with van der Waals surface area (Å²) in [5, 5.41) is 9.53. The minimum Gasteiger partial charge on any atom is -0.430 e. The second-order valence-electron chi connectivity index (χ2n) is 4.13. The zero-order valence-corrected chi connectivity index (χ0v) is 9.72. The molecule has 2 unspecified atom stereocenters. The van der Waals surface area contributed by atoms with Crippen LogP contribution in [0, 0.1) is 0 Å². The first-order valence-electron chi connectivity index (χ1n) is 5.80. The first-order chi connectivity index (χ1) is 7.63. The van der Waals surface area contributed by atoms with E-state index in [9.17, 15) is 9.90 Å². The summed E-state index contributed by atoms with van der Waals surface area (Å²) >= 11 is 0. The third-order valence-corrected chi connectivity index (χ3v) is 2.76. The van der Waals surface area contributed by atoms with Crippen molar-refractivity contribution in [1.29, 1.82) is 0 Å². The predicted octanol–water partition coefficient (Wildman–Crippen LogP) is 1.77. The number of esters is 1. The molecule has 0 aromatic carbocycles. The van der Waals surface area contributed by atoms with Crippen LogP contribution in [0.2, 0.25) is 0 Å². The van der Waals surface area contributed by atoms with Gasteiger partial charge in [0.2, 0.25) is 6.29 Å². The lowest BCUT2D eigenvalue weighted by Gasteiger charge is -2.27. The van der Waals surface area contributed by atoms with Gasteiger partial charge in [-0.2, -0.15) is 0 Å². The van der Waals surface area contributed by atoms with Gasteiger partial charge in [-0.3, -0.25) is 0 Å². The third-order valence-electron chi connectivity index (χ3n) is 2.76. The molecule has 1 rings (SSSR count). The molecule has 0 spiro atoms. The van der Waals surface area contributed by atoms with Gasteiger partial charge in [0.1, 0.15) is 6.10 Å². The Bertz CT molecular complexity index is 233. The fourth-order valence-electron chi connectivity index (χ4n) is 1.83. The Labute approximate surface area is 96.2 Å². The first-order valence-corrected chi connectivity index (χ1v) is 5.80. The van der Waals surface area contributed by atoms with E-state index in [-0.39, 0.29) is 6.10 Å². The Morgan fingerprint density at radius 3 is 2.62 bits per heavy atom. The average Bonchev–Trinajstić information content (AvgIpc) is 2.30. The SMILES string of the molecule is C=CC(=O)OC(O)C(C)OC1CCCCC1. The molecule has 4 heteroatoms. The van der Waals surface area contributed by atoms with Gasteiger partial charge in [0.15, 0.2) is 0 Å². The van der Waals surface area contributed by atoms with E-state index in [2.05, 4.69) is 11.3 Å². The molecule has 1 fully saturated rings. The van der Waals surface area contributed by atoms with E-state index in [4.69, 9.17) is 4.74 Å². The average molecular weight is 228 g/mol. The first kappa shape index (κ1) is 13.2. The van der Waals surface area contributed by atoms with Gasteiger partial charge in [0.05, 0.1) is 6.10 Å². The Morgan fingerprint density at radius 2 is 2.06 bits per heavy atom. The Morgan fingerprint density at radius 1 is 1.44 bits per heavy atom. The van der Waals surface area contributed by atoms with E-state index >= 15 is 0 Å². The van der Waals surface area contributed by atoms with E-state index < -0.39 is 18.4 Å². The number of ether oxygens (including phenoxy) is 2. The fraction of sp³-hybridized carbons (Fsp3) is 0.750. The van der Waals surface area contributed by atoms with E-state index in [0.29, 0.717) is 0 Å². The topological polar surface area (TPSA) is 55.8 Å². The second-order valence-corrected chi connectivity index (χ2v) is 4.13. The number of carbonyl (C=O) groups is 1. The number of rotatable bonds is 5. The molecule has 1 aliphatic carbocycles. The summed E-state index contributed by atoms with van der Waals surface area (Å²) in [5.74, 6) is -0.633. The molecule has 1 saturated carbocycles. The highest BCUT2D eigenvalue weighted by Gasteiger charge is 2.23. The minimum atomic E-state index is -1.22. The zero-order chi connectivity index (χ0) is 12.0. The van der Waals surface area contributed by atoms with Crippen molar-refractivity contribution in [2.24, 2.45) is 0 Å². The lowest BCUT2D eigenvalue weighted by Crippen LogP contribution is -2.34. The standard InChI is InChI=1S/C12H20O4/c1-3-11(13)16-12(14)9(2)15-10-7-5-4-6-8-10/h3,9-10,12,14H,1,4-8H2,2H3. The van der Waals surface area contributed by atoms with Crippen LogP contribution in [0.1, 0.15) is 39.0 Å². The van der Waals surface area contributed by atoms with Crippen molar-refractivity contribution in [2.45, 2.75) is 57.5 Å². The zero-order valence-electron chi connectivity index (χ0n) is 9.72. The number of aliphatic hydroxyl groups excluding tert-OH is 1. The number of aliphatic hydroxyl groups is 1. The van der Waals surface area contributed by atoms with Gasteiger partial charge >= 0.3 is 5.97 Å². The van der Waals surface area contributed by atoms with E-state index in [1.165, 1.54) is 19.3 Å². The van der Waals surface area contributed by atoms with Crippen molar-refractivity contribution in [1.82, 2.24) is 0 Å². The third kappa shape index (κ3) is 4.33. The molecule has 2 atom stereocenters. The maximum atomic E-state index is 10.9. The second kappa shape index (κ2) is 6.66. The molecule has 0 amide bonds. The fourth-order valence-corrected chi connectivity index (χ4v) is 1.83. The van der Waals surface area contributed by atoms with Crippen LogP contribution < -0.4 is 0 Å². The molecule has 0 bridgehead atoms. The molecule has 0 heterocycles. The van der Waals surface area contributed by atoms with Gasteiger partial charge in [-0.15, -0.1) is 0 Å². The largest absolute Gasteiger partial charge is 0.430 e. The number of carbonyl (C=O) groups excluding carboxylic acids is 1. The van der Waals surface area contributed by atoms with Crippen LogP contribution in [0.5, 0.6) is 0 Å². The highest BCUT2D eigenvalue weighted by molar-refractivity contribution is 5.81. The molecule has 0 radical (unpaired) electrons. The monoisotopic (exact) mass is 228 g/mol. The van der Waals surface area contributed by atoms with E-state index in [1.54, 1.807) is 6.92 Å². The summed E-state index contributed by atoms with van der Waals surface area (Å²) in [6, 6.07) is 0. The predicted molar refractivity (Wildman–Crippen MR) is 59.7 cm³/mol. The van der Waals surface area contributed by atoms with Crippen LogP contribution in [0.4, 0.5) is 0 Å². The molecule has 1 aliphatic rings. The van der Waals surface area contributed by atoms with Crippen LogP contribution in [0.15, 0.2) is 12.7 Å². The van der Waals surface area contributed by atoms with Crippen molar-refractivity contribution in [2.75, 3.05) is 0 Å². The highest BCUT2D eigenvalue weighted by Crippen LogP contribution is 2.22. The van der Waals surface area contributed by atoms with Crippen LogP contribution in [-0.4, -0.2) is 29.6 Å². The number of hydrogen-bond donors (Lipinski definition) is 1. The maximum Gasteiger partial charge on any atom is 0.332 e. The van der Waals surface area contributed by atoms with Crippen molar-refractivity contribution < 1.29 is 19.4 Å². The summed E-state index contributed by atoms with van der Waals surface area (Å²) < 4.78 is 10.3. The number of hydrogen-bond acceptors (Lipinski definition) is 4. The van der Waals surface area contributed by atoms with Crippen molar-refractivity contribution in [3.63, 3.8) is 0 Å². The van der Waals surface area contributed by atoms with Crippen LogP contribution in [0.25, 0.3) is 0 Å². The quantitative estimate of drug-likeness (QED) is 0.442. The van der Waals surface area contributed by atoms with Gasteiger partial charge in [-0.05, 0) is 19.8 Å².